The first-order valence-electron chi connectivity index (χ1n) is 9.19. The molecule has 9 heteroatoms. The summed E-state index contributed by atoms with van der Waals surface area (Å²) in [7, 11) is 1.48. The van der Waals surface area contributed by atoms with Crippen LogP contribution in [0.25, 0.3) is 0 Å². The van der Waals surface area contributed by atoms with Crippen molar-refractivity contribution < 1.29 is 24.5 Å². The highest BCUT2D eigenvalue weighted by Crippen LogP contribution is 2.37. The third-order valence-corrected chi connectivity index (χ3v) is 5.47. The maximum Gasteiger partial charge on any atom is 0.265 e. The van der Waals surface area contributed by atoms with Crippen molar-refractivity contribution in [2.45, 2.75) is 31.3 Å². The number of amides is 2. The lowest BCUT2D eigenvalue weighted by Crippen LogP contribution is -2.58. The van der Waals surface area contributed by atoms with Gasteiger partial charge in [0.1, 0.15) is 18.2 Å². The van der Waals surface area contributed by atoms with Crippen LogP contribution in [-0.2, 0) is 0 Å². The average molecular weight is 376 g/mol. The van der Waals surface area contributed by atoms with E-state index in [2.05, 4.69) is 15.5 Å². The number of hydrogen-bond acceptors (Lipinski definition) is 8. The summed E-state index contributed by atoms with van der Waals surface area (Å²) in [4.78, 5) is 29.3. The van der Waals surface area contributed by atoms with E-state index in [1.165, 1.54) is 7.11 Å². The van der Waals surface area contributed by atoms with E-state index >= 15 is 0 Å². The fourth-order valence-corrected chi connectivity index (χ4v) is 4.05. The van der Waals surface area contributed by atoms with Crippen molar-refractivity contribution in [2.75, 3.05) is 38.2 Å². The van der Waals surface area contributed by atoms with E-state index < -0.39 is 30.3 Å². The zero-order valence-electron chi connectivity index (χ0n) is 15.1. The number of hydrogen-bond donors (Lipinski definition) is 4. The topological polar surface area (TPSA) is 114 Å². The Kier molecular flexibility index (Phi) is 4.77. The van der Waals surface area contributed by atoms with Crippen LogP contribution in [0.3, 0.4) is 0 Å². The van der Waals surface area contributed by atoms with Crippen molar-refractivity contribution in [1.82, 2.24) is 15.5 Å². The molecule has 0 saturated carbocycles. The molecule has 0 spiro atoms. The Bertz CT molecular complexity index is 764. The van der Waals surface area contributed by atoms with Gasteiger partial charge < -0.3 is 25.2 Å². The number of benzene rings is 1. The van der Waals surface area contributed by atoms with Gasteiger partial charge >= 0.3 is 0 Å². The molecule has 146 valence electrons. The molecule has 1 aromatic rings. The molecule has 3 heterocycles. The molecule has 0 aromatic heterocycles. The van der Waals surface area contributed by atoms with E-state index in [9.17, 15) is 19.8 Å². The molecular formula is C18H24N4O5. The molecule has 2 fully saturated rings. The number of nitrogens with zero attached hydrogens (tertiary/aromatic N) is 2. The Morgan fingerprint density at radius 3 is 2.52 bits per heavy atom. The Morgan fingerprint density at radius 1 is 1.11 bits per heavy atom. The molecule has 27 heavy (non-hydrogen) atoms. The minimum absolute atomic E-state index is 0.236. The van der Waals surface area contributed by atoms with E-state index in [4.69, 9.17) is 4.74 Å². The van der Waals surface area contributed by atoms with Gasteiger partial charge in [-0.2, -0.15) is 0 Å². The molecular weight excluding hydrogens is 352 g/mol. The van der Waals surface area contributed by atoms with Crippen molar-refractivity contribution in [2.24, 2.45) is 0 Å². The average Bonchev–Trinajstić information content (AvgIpc) is 2.93. The van der Waals surface area contributed by atoms with Gasteiger partial charge in [-0.15, -0.1) is 0 Å². The Morgan fingerprint density at radius 2 is 1.85 bits per heavy atom. The number of aliphatic hydroxyl groups is 2. The van der Waals surface area contributed by atoms with Crippen molar-refractivity contribution in [3.8, 4) is 5.75 Å². The lowest BCUT2D eigenvalue weighted by molar-refractivity contribution is -0.0413. The first kappa shape index (κ1) is 18.2. The van der Waals surface area contributed by atoms with E-state index in [0.29, 0.717) is 24.2 Å². The zero-order valence-corrected chi connectivity index (χ0v) is 15.1. The molecule has 4 rings (SSSR count). The van der Waals surface area contributed by atoms with E-state index in [1.54, 1.807) is 12.1 Å². The first-order valence-corrected chi connectivity index (χ1v) is 9.19. The van der Waals surface area contributed by atoms with Crippen LogP contribution in [0.1, 0.15) is 33.6 Å². The number of piperazine rings is 1. The van der Waals surface area contributed by atoms with Gasteiger partial charge in [-0.05, 0) is 18.9 Å². The van der Waals surface area contributed by atoms with Gasteiger partial charge in [-0.1, -0.05) is 0 Å². The number of imide groups is 1. The fourth-order valence-electron chi connectivity index (χ4n) is 4.05. The maximum absolute atomic E-state index is 13.1. The highest BCUT2D eigenvalue weighted by molar-refractivity contribution is 6.23. The number of ether oxygens (including phenoxy) is 1. The number of carbonyl (C=O) groups excluding carboxylic acids is 2. The number of aliphatic hydroxyl groups excluding tert-OH is 2. The highest BCUT2D eigenvalue weighted by atomic mass is 16.5. The molecule has 0 aliphatic carbocycles. The largest absolute Gasteiger partial charge is 0.496 e. The Labute approximate surface area is 156 Å². The number of anilines is 1. The molecule has 2 saturated heterocycles. The molecule has 3 unspecified atom stereocenters. The maximum atomic E-state index is 13.1. The second kappa shape index (κ2) is 7.08. The molecule has 0 radical (unpaired) electrons. The predicted molar refractivity (Wildman–Crippen MR) is 96.7 cm³/mol. The number of methoxy groups -OCH3 is 1. The third kappa shape index (κ3) is 3.06. The highest BCUT2D eigenvalue weighted by Gasteiger charge is 2.46. The van der Waals surface area contributed by atoms with E-state index in [0.717, 1.165) is 36.8 Å². The number of piperidine rings is 1. The molecule has 3 aliphatic heterocycles. The van der Waals surface area contributed by atoms with Crippen molar-refractivity contribution in [3.05, 3.63) is 23.3 Å². The van der Waals surface area contributed by atoms with Crippen LogP contribution in [-0.4, -0.2) is 78.7 Å². The Hall–Kier alpha value is -2.20. The zero-order chi connectivity index (χ0) is 19.1. The summed E-state index contributed by atoms with van der Waals surface area (Å²) in [5, 5.41) is 25.7. The molecule has 4 N–H and O–H groups in total. The summed E-state index contributed by atoms with van der Waals surface area (Å²) in [6.07, 6.45) is -1.35. The number of rotatable bonds is 3. The fraction of sp³-hybridized carbons (Fsp3) is 0.556. The summed E-state index contributed by atoms with van der Waals surface area (Å²) < 4.78 is 5.43. The number of carbonyl (C=O) groups is 2. The van der Waals surface area contributed by atoms with E-state index in [-0.39, 0.29) is 5.56 Å². The van der Waals surface area contributed by atoms with Crippen molar-refractivity contribution >= 4 is 17.5 Å². The molecule has 9 nitrogen and oxygen atoms in total. The smallest absolute Gasteiger partial charge is 0.265 e. The summed E-state index contributed by atoms with van der Waals surface area (Å²) >= 11 is 0. The standard InChI is InChI=1S/C18H24N4O5/c1-27-13-9-10(21-6-4-19-5-7-21)8-11-15(13)18(26)22(17(11)25)12-2-3-14(23)20-16(12)24/h8-9,12,14,16,19-20,23-24H,2-7H2,1H3. The normalized spacial score (nSPS) is 28.5. The van der Waals surface area contributed by atoms with Crippen LogP contribution in [0.5, 0.6) is 5.75 Å². The lowest BCUT2D eigenvalue weighted by Gasteiger charge is -2.36. The quantitative estimate of drug-likeness (QED) is 0.502. The Balaban J connectivity index is 1.69. The summed E-state index contributed by atoms with van der Waals surface area (Å²) in [6.45, 7) is 3.30. The molecule has 2 amide bonds. The predicted octanol–water partition coefficient (Wildman–Crippen LogP) is -0.910. The van der Waals surface area contributed by atoms with Gasteiger partial charge in [0.15, 0.2) is 0 Å². The second-order valence-electron chi connectivity index (χ2n) is 7.06. The van der Waals surface area contributed by atoms with Crippen molar-refractivity contribution in [3.63, 3.8) is 0 Å². The van der Waals surface area contributed by atoms with Gasteiger partial charge in [-0.3, -0.25) is 19.8 Å². The van der Waals surface area contributed by atoms with Crippen LogP contribution in [0.15, 0.2) is 12.1 Å². The first-order chi connectivity index (χ1) is 13.0. The van der Waals surface area contributed by atoms with Gasteiger partial charge in [-0.25, -0.2) is 0 Å². The summed E-state index contributed by atoms with van der Waals surface area (Å²) in [5.74, 6) is -0.548. The van der Waals surface area contributed by atoms with Gasteiger partial charge in [0, 0.05) is 37.9 Å². The van der Waals surface area contributed by atoms with Gasteiger partial charge in [0.25, 0.3) is 11.8 Å². The third-order valence-electron chi connectivity index (χ3n) is 5.47. The SMILES string of the molecule is COc1cc(N2CCNCC2)cc2c1C(=O)N(C1CCC(O)NC1O)C2=O. The molecule has 3 aliphatic rings. The molecule has 1 aromatic carbocycles. The summed E-state index contributed by atoms with van der Waals surface area (Å²) in [5.41, 5.74) is 1.37. The minimum atomic E-state index is -1.17. The molecule has 0 bridgehead atoms. The number of nitrogens with one attached hydrogen (secondary N) is 2. The monoisotopic (exact) mass is 376 g/mol. The van der Waals surface area contributed by atoms with Gasteiger partial charge in [0.05, 0.1) is 24.3 Å². The van der Waals surface area contributed by atoms with Crippen LogP contribution in [0.2, 0.25) is 0 Å². The van der Waals surface area contributed by atoms with Crippen molar-refractivity contribution in [1.29, 1.82) is 0 Å². The minimum Gasteiger partial charge on any atom is -0.496 e. The van der Waals surface area contributed by atoms with Gasteiger partial charge in [0.2, 0.25) is 0 Å². The second-order valence-corrected chi connectivity index (χ2v) is 7.06. The van der Waals surface area contributed by atoms with E-state index in [1.807, 2.05) is 0 Å². The summed E-state index contributed by atoms with van der Waals surface area (Å²) in [6, 6.07) is 2.80. The van der Waals surface area contributed by atoms with Crippen LogP contribution >= 0.6 is 0 Å². The lowest BCUT2D eigenvalue weighted by atomic mass is 10.0. The van der Waals surface area contributed by atoms with Crippen LogP contribution in [0, 0.1) is 0 Å². The van der Waals surface area contributed by atoms with Crippen LogP contribution < -0.4 is 20.3 Å². The molecule has 3 atom stereocenters. The van der Waals surface area contributed by atoms with Crippen LogP contribution in [0.4, 0.5) is 5.69 Å². The number of fused-ring (bicyclic) bond motifs is 1.